The van der Waals surface area contributed by atoms with Crippen molar-refractivity contribution in [3.8, 4) is 6.07 Å². The Morgan fingerprint density at radius 3 is 2.62 bits per heavy atom. The number of benzene rings is 1. The molecule has 1 fully saturated rings. The Morgan fingerprint density at radius 1 is 1.44 bits per heavy atom. The number of nitrogens with one attached hydrogen (secondary N) is 1. The van der Waals surface area contributed by atoms with Crippen LogP contribution in [0.5, 0.6) is 0 Å². The van der Waals surface area contributed by atoms with E-state index in [1.54, 1.807) is 0 Å². The van der Waals surface area contributed by atoms with Crippen LogP contribution >= 0.6 is 0 Å². The van der Waals surface area contributed by atoms with Gasteiger partial charge in [-0.2, -0.15) is 5.26 Å². The summed E-state index contributed by atoms with van der Waals surface area (Å²) in [5.74, 6) is -2.08. The molecule has 0 saturated heterocycles. The molecule has 0 atom stereocenters. The van der Waals surface area contributed by atoms with Crippen LogP contribution in [0.1, 0.15) is 12.8 Å². The van der Waals surface area contributed by atoms with E-state index in [4.69, 9.17) is 5.26 Å². The van der Waals surface area contributed by atoms with Crippen molar-refractivity contribution in [2.75, 3.05) is 5.32 Å². The zero-order valence-corrected chi connectivity index (χ0v) is 8.26. The first-order chi connectivity index (χ1) is 7.57. The number of hydrogen-bond donors (Lipinski definition) is 1. The molecule has 1 aliphatic carbocycles. The SMILES string of the molecule is N#CC1(C(=O)Nc2ccc(F)cc2F)CC1. The summed E-state index contributed by atoms with van der Waals surface area (Å²) in [4.78, 5) is 11.6. The van der Waals surface area contributed by atoms with Crippen molar-refractivity contribution in [3.63, 3.8) is 0 Å². The largest absolute Gasteiger partial charge is 0.322 e. The predicted molar refractivity (Wildman–Crippen MR) is 52.3 cm³/mol. The average Bonchev–Trinajstić information content (AvgIpc) is 3.03. The highest BCUT2D eigenvalue weighted by molar-refractivity contribution is 5.99. The second-order valence-corrected chi connectivity index (χ2v) is 3.77. The minimum Gasteiger partial charge on any atom is -0.322 e. The van der Waals surface area contributed by atoms with E-state index in [-0.39, 0.29) is 5.69 Å². The van der Waals surface area contributed by atoms with Gasteiger partial charge in [0.2, 0.25) is 5.91 Å². The van der Waals surface area contributed by atoms with Gasteiger partial charge in [0.25, 0.3) is 0 Å². The summed E-state index contributed by atoms with van der Waals surface area (Å²) in [6.45, 7) is 0. The van der Waals surface area contributed by atoms with Gasteiger partial charge >= 0.3 is 0 Å². The van der Waals surface area contributed by atoms with Crippen molar-refractivity contribution in [2.24, 2.45) is 5.41 Å². The van der Waals surface area contributed by atoms with Gasteiger partial charge in [0.1, 0.15) is 17.0 Å². The number of nitrogens with zero attached hydrogens (tertiary/aromatic N) is 1. The molecule has 0 aliphatic heterocycles. The van der Waals surface area contributed by atoms with E-state index >= 15 is 0 Å². The normalized spacial score (nSPS) is 16.3. The van der Waals surface area contributed by atoms with Crippen LogP contribution in [0.15, 0.2) is 18.2 Å². The summed E-state index contributed by atoms with van der Waals surface area (Å²) >= 11 is 0. The van der Waals surface area contributed by atoms with Gasteiger partial charge in [-0.25, -0.2) is 8.78 Å². The summed E-state index contributed by atoms with van der Waals surface area (Å²) in [5.41, 5.74) is -1.12. The smallest absolute Gasteiger partial charge is 0.244 e. The molecule has 3 nitrogen and oxygen atoms in total. The Morgan fingerprint density at radius 2 is 2.12 bits per heavy atom. The van der Waals surface area contributed by atoms with Gasteiger partial charge in [0.05, 0.1) is 11.8 Å². The second kappa shape index (κ2) is 3.56. The number of amides is 1. The molecule has 0 unspecified atom stereocenters. The third-order valence-electron chi connectivity index (χ3n) is 2.58. The van der Waals surface area contributed by atoms with Gasteiger partial charge in [-0.15, -0.1) is 0 Å². The summed E-state index contributed by atoms with van der Waals surface area (Å²) < 4.78 is 25.8. The fraction of sp³-hybridized carbons (Fsp3) is 0.273. The number of nitriles is 1. The standard InChI is InChI=1S/C11H8F2N2O/c12-7-1-2-9(8(13)5-7)15-10(16)11(6-14)3-4-11/h1-2,5H,3-4H2,(H,15,16). The van der Waals surface area contributed by atoms with E-state index in [1.807, 2.05) is 6.07 Å². The van der Waals surface area contributed by atoms with Gasteiger partial charge in [-0.3, -0.25) is 4.79 Å². The Kier molecular flexibility index (Phi) is 2.35. The molecule has 1 saturated carbocycles. The fourth-order valence-electron chi connectivity index (χ4n) is 1.35. The molecule has 0 heterocycles. The van der Waals surface area contributed by atoms with Gasteiger partial charge in [0, 0.05) is 6.07 Å². The quantitative estimate of drug-likeness (QED) is 0.833. The summed E-state index contributed by atoms with van der Waals surface area (Å²) in [7, 11) is 0. The molecule has 5 heteroatoms. The first-order valence-corrected chi connectivity index (χ1v) is 4.75. The van der Waals surface area contributed by atoms with Crippen LogP contribution < -0.4 is 5.32 Å². The summed E-state index contributed by atoms with van der Waals surface area (Å²) in [5, 5.41) is 11.0. The molecule has 1 aromatic carbocycles. The van der Waals surface area contributed by atoms with Crippen LogP contribution in [0, 0.1) is 28.4 Å². The highest BCUT2D eigenvalue weighted by atomic mass is 19.1. The Bertz CT molecular complexity index is 489. The maximum atomic E-state index is 13.2. The first-order valence-electron chi connectivity index (χ1n) is 4.75. The lowest BCUT2D eigenvalue weighted by atomic mass is 10.1. The highest BCUT2D eigenvalue weighted by Gasteiger charge is 2.50. The number of halogens is 2. The van der Waals surface area contributed by atoms with Crippen LogP contribution in [0.4, 0.5) is 14.5 Å². The molecule has 16 heavy (non-hydrogen) atoms. The average molecular weight is 222 g/mol. The van der Waals surface area contributed by atoms with Crippen LogP contribution in [0.2, 0.25) is 0 Å². The van der Waals surface area contributed by atoms with Crippen molar-refractivity contribution in [3.05, 3.63) is 29.8 Å². The van der Waals surface area contributed by atoms with Crippen LogP contribution in [-0.2, 0) is 4.79 Å². The number of anilines is 1. The molecule has 1 amide bonds. The summed E-state index contributed by atoms with van der Waals surface area (Å²) in [6.07, 6.45) is 0.969. The van der Waals surface area contributed by atoms with Gasteiger partial charge in [-0.05, 0) is 25.0 Å². The number of carbonyl (C=O) groups excluding carboxylic acids is 1. The molecule has 0 aromatic heterocycles. The third-order valence-corrected chi connectivity index (χ3v) is 2.58. The highest BCUT2D eigenvalue weighted by Crippen LogP contribution is 2.45. The van der Waals surface area contributed by atoms with E-state index < -0.39 is 23.0 Å². The van der Waals surface area contributed by atoms with Crippen molar-refractivity contribution in [1.29, 1.82) is 5.26 Å². The second-order valence-electron chi connectivity index (χ2n) is 3.77. The molecule has 82 valence electrons. The fourth-order valence-corrected chi connectivity index (χ4v) is 1.35. The Balaban J connectivity index is 2.16. The van der Waals surface area contributed by atoms with E-state index in [9.17, 15) is 13.6 Å². The maximum Gasteiger partial charge on any atom is 0.244 e. The lowest BCUT2D eigenvalue weighted by molar-refractivity contribution is -0.119. The van der Waals surface area contributed by atoms with Crippen molar-refractivity contribution in [2.45, 2.75) is 12.8 Å². The molecule has 0 spiro atoms. The van der Waals surface area contributed by atoms with Crippen LogP contribution in [0.3, 0.4) is 0 Å². The van der Waals surface area contributed by atoms with E-state index in [2.05, 4.69) is 5.32 Å². The zero-order chi connectivity index (χ0) is 11.8. The molecular formula is C11H8F2N2O. The molecule has 2 rings (SSSR count). The summed E-state index contributed by atoms with van der Waals surface area (Å²) in [6, 6.07) is 4.76. The third kappa shape index (κ3) is 1.74. The Labute approximate surface area is 90.7 Å². The molecule has 1 aromatic rings. The molecular weight excluding hydrogens is 214 g/mol. The van der Waals surface area contributed by atoms with E-state index in [1.165, 1.54) is 0 Å². The molecule has 0 radical (unpaired) electrons. The maximum absolute atomic E-state index is 13.2. The van der Waals surface area contributed by atoms with Crippen molar-refractivity contribution in [1.82, 2.24) is 0 Å². The van der Waals surface area contributed by atoms with E-state index in [0.717, 1.165) is 12.1 Å². The van der Waals surface area contributed by atoms with Crippen LogP contribution in [0.25, 0.3) is 0 Å². The topological polar surface area (TPSA) is 52.9 Å². The lowest BCUT2D eigenvalue weighted by Crippen LogP contribution is -2.23. The zero-order valence-electron chi connectivity index (χ0n) is 8.26. The van der Waals surface area contributed by atoms with Crippen LogP contribution in [-0.4, -0.2) is 5.91 Å². The lowest BCUT2D eigenvalue weighted by Gasteiger charge is -2.08. The first kappa shape index (κ1) is 10.6. The number of carbonyl (C=O) groups is 1. The predicted octanol–water partition coefficient (Wildman–Crippen LogP) is 2.21. The van der Waals surface area contributed by atoms with Gasteiger partial charge in [-0.1, -0.05) is 0 Å². The Hall–Kier alpha value is -1.96. The number of rotatable bonds is 2. The monoisotopic (exact) mass is 222 g/mol. The number of hydrogen-bond acceptors (Lipinski definition) is 2. The van der Waals surface area contributed by atoms with Gasteiger partial charge < -0.3 is 5.32 Å². The molecule has 1 N–H and O–H groups in total. The molecule has 1 aliphatic rings. The molecule has 0 bridgehead atoms. The minimum absolute atomic E-state index is 0.104. The van der Waals surface area contributed by atoms with E-state index in [0.29, 0.717) is 18.9 Å². The van der Waals surface area contributed by atoms with Crippen molar-refractivity contribution < 1.29 is 13.6 Å². The van der Waals surface area contributed by atoms with Gasteiger partial charge in [0.15, 0.2) is 0 Å². The minimum atomic E-state index is -1.01. The van der Waals surface area contributed by atoms with Crippen molar-refractivity contribution >= 4 is 11.6 Å².